The molecule has 126 valence electrons. The lowest BCUT2D eigenvalue weighted by Crippen LogP contribution is -2.47. The highest BCUT2D eigenvalue weighted by atomic mass is 19.1. The Hall–Kier alpha value is -1.50. The van der Waals surface area contributed by atoms with Crippen LogP contribution in [-0.4, -0.2) is 56.0 Å². The van der Waals surface area contributed by atoms with Gasteiger partial charge in [0, 0.05) is 19.7 Å². The van der Waals surface area contributed by atoms with Crippen LogP contribution in [0.15, 0.2) is 24.3 Å². The first-order chi connectivity index (χ1) is 11.2. The van der Waals surface area contributed by atoms with Crippen LogP contribution in [0.2, 0.25) is 0 Å². The molecular weight excluding hydrogens is 301 g/mol. The minimum atomic E-state index is -0.585. The number of halogens is 1. The molecule has 23 heavy (non-hydrogen) atoms. The minimum absolute atomic E-state index is 0.0389. The molecule has 0 unspecified atom stereocenters. The van der Waals surface area contributed by atoms with Gasteiger partial charge in [0.2, 0.25) is 0 Å². The average Bonchev–Trinajstić information content (AvgIpc) is 3.07. The van der Waals surface area contributed by atoms with E-state index >= 15 is 0 Å². The molecule has 1 amide bonds. The van der Waals surface area contributed by atoms with Gasteiger partial charge in [-0.15, -0.1) is 0 Å². The molecule has 1 aromatic rings. The Morgan fingerprint density at radius 1 is 1.26 bits per heavy atom. The van der Waals surface area contributed by atoms with E-state index in [2.05, 4.69) is 0 Å². The van der Waals surface area contributed by atoms with Gasteiger partial charge in [-0.25, -0.2) is 4.39 Å². The first-order valence-electron chi connectivity index (χ1n) is 8.06. The van der Waals surface area contributed by atoms with Crippen molar-refractivity contribution >= 4 is 5.91 Å². The predicted molar refractivity (Wildman–Crippen MR) is 81.4 cm³/mol. The van der Waals surface area contributed by atoms with Crippen molar-refractivity contribution < 1.29 is 23.4 Å². The maximum absolute atomic E-state index is 13.4. The van der Waals surface area contributed by atoms with Crippen LogP contribution in [-0.2, 0) is 25.5 Å². The Balaban J connectivity index is 1.70. The van der Waals surface area contributed by atoms with Crippen LogP contribution in [0, 0.1) is 5.82 Å². The molecule has 2 saturated heterocycles. The van der Waals surface area contributed by atoms with Crippen LogP contribution in [0.25, 0.3) is 0 Å². The number of benzene rings is 1. The average molecular weight is 323 g/mol. The van der Waals surface area contributed by atoms with Gasteiger partial charge in [0.25, 0.3) is 5.91 Å². The molecule has 0 saturated carbocycles. The lowest BCUT2D eigenvalue weighted by Gasteiger charge is -2.31. The van der Waals surface area contributed by atoms with Crippen molar-refractivity contribution in [1.29, 1.82) is 0 Å². The number of hydrogen-bond acceptors (Lipinski definition) is 4. The summed E-state index contributed by atoms with van der Waals surface area (Å²) in [6, 6.07) is 6.32. The monoisotopic (exact) mass is 323 g/mol. The molecule has 2 aliphatic heterocycles. The Morgan fingerprint density at radius 3 is 2.87 bits per heavy atom. The third kappa shape index (κ3) is 4.50. The summed E-state index contributed by atoms with van der Waals surface area (Å²) >= 11 is 0. The summed E-state index contributed by atoms with van der Waals surface area (Å²) in [6.07, 6.45) is 1.40. The van der Waals surface area contributed by atoms with Crippen molar-refractivity contribution in [3.05, 3.63) is 35.6 Å². The Labute approximate surface area is 135 Å². The van der Waals surface area contributed by atoms with Gasteiger partial charge in [0.1, 0.15) is 5.82 Å². The highest BCUT2D eigenvalue weighted by molar-refractivity contribution is 5.81. The summed E-state index contributed by atoms with van der Waals surface area (Å²) in [6.45, 7) is 2.77. The van der Waals surface area contributed by atoms with Crippen molar-refractivity contribution in [2.75, 3.05) is 33.0 Å². The van der Waals surface area contributed by atoms with E-state index in [1.807, 2.05) is 6.07 Å². The molecule has 2 atom stereocenters. The Bertz CT molecular complexity index is 527. The van der Waals surface area contributed by atoms with Gasteiger partial charge in [0.15, 0.2) is 6.10 Å². The van der Waals surface area contributed by atoms with E-state index < -0.39 is 6.10 Å². The first-order valence-corrected chi connectivity index (χ1v) is 8.06. The molecule has 0 aliphatic carbocycles. The molecule has 6 heteroatoms. The zero-order valence-electron chi connectivity index (χ0n) is 13.1. The second kappa shape index (κ2) is 7.86. The number of nitrogens with zero attached hydrogens (tertiary/aromatic N) is 1. The van der Waals surface area contributed by atoms with Crippen molar-refractivity contribution in [3.8, 4) is 0 Å². The van der Waals surface area contributed by atoms with Gasteiger partial charge in [-0.2, -0.15) is 0 Å². The molecule has 5 nitrogen and oxygen atoms in total. The number of hydrogen-bond donors (Lipinski definition) is 0. The van der Waals surface area contributed by atoms with Crippen LogP contribution in [0.3, 0.4) is 0 Å². The van der Waals surface area contributed by atoms with Crippen molar-refractivity contribution in [2.24, 2.45) is 0 Å². The summed E-state index contributed by atoms with van der Waals surface area (Å²) in [5.41, 5.74) is 0.757. The minimum Gasteiger partial charge on any atom is -0.376 e. The first kappa shape index (κ1) is 16.4. The van der Waals surface area contributed by atoms with Gasteiger partial charge < -0.3 is 19.1 Å². The second-order valence-corrected chi connectivity index (χ2v) is 5.92. The molecule has 2 fully saturated rings. The standard InChI is InChI=1S/C17H22FNO4/c18-14-4-1-3-13(9-14)10-19(11-15-5-2-6-22-15)17(20)16-12-21-7-8-23-16/h1,3-4,9,15-16H,2,5-8,10-12H2/t15-,16+/m0/s1. The van der Waals surface area contributed by atoms with E-state index in [-0.39, 0.29) is 24.4 Å². The van der Waals surface area contributed by atoms with Crippen molar-refractivity contribution in [3.63, 3.8) is 0 Å². The lowest BCUT2D eigenvalue weighted by atomic mass is 10.1. The quantitative estimate of drug-likeness (QED) is 0.828. The van der Waals surface area contributed by atoms with Gasteiger partial charge in [-0.1, -0.05) is 12.1 Å². The zero-order chi connectivity index (χ0) is 16.1. The number of carbonyl (C=O) groups is 1. The number of rotatable bonds is 5. The topological polar surface area (TPSA) is 48.0 Å². The van der Waals surface area contributed by atoms with Crippen molar-refractivity contribution in [1.82, 2.24) is 4.90 Å². The summed E-state index contributed by atoms with van der Waals surface area (Å²) in [5, 5.41) is 0. The molecule has 0 radical (unpaired) electrons. The van der Waals surface area contributed by atoms with Crippen LogP contribution < -0.4 is 0 Å². The van der Waals surface area contributed by atoms with E-state index in [0.29, 0.717) is 26.3 Å². The number of ether oxygens (including phenoxy) is 3. The molecule has 2 aliphatic rings. The zero-order valence-corrected chi connectivity index (χ0v) is 13.1. The summed E-state index contributed by atoms with van der Waals surface area (Å²) in [5.74, 6) is -0.422. The fraction of sp³-hybridized carbons (Fsp3) is 0.588. The van der Waals surface area contributed by atoms with E-state index in [0.717, 1.165) is 25.0 Å². The molecule has 3 rings (SSSR count). The molecular formula is C17H22FNO4. The van der Waals surface area contributed by atoms with Crippen molar-refractivity contribution in [2.45, 2.75) is 31.6 Å². The van der Waals surface area contributed by atoms with Crippen LogP contribution >= 0.6 is 0 Å². The molecule has 1 aromatic carbocycles. The fourth-order valence-electron chi connectivity index (χ4n) is 2.96. The third-order valence-corrected chi connectivity index (χ3v) is 4.11. The van der Waals surface area contributed by atoms with Crippen LogP contribution in [0.1, 0.15) is 18.4 Å². The number of amides is 1. The van der Waals surface area contributed by atoms with E-state index in [9.17, 15) is 9.18 Å². The maximum atomic E-state index is 13.4. The highest BCUT2D eigenvalue weighted by Crippen LogP contribution is 2.17. The molecule has 0 spiro atoms. The van der Waals surface area contributed by atoms with E-state index in [1.54, 1.807) is 11.0 Å². The SMILES string of the molecule is O=C([C@H]1COCCO1)N(Cc1cccc(F)c1)C[C@@H]1CCCO1. The number of carbonyl (C=O) groups excluding carboxylic acids is 1. The maximum Gasteiger partial charge on any atom is 0.254 e. The van der Waals surface area contributed by atoms with Gasteiger partial charge in [-0.05, 0) is 30.5 Å². The third-order valence-electron chi connectivity index (χ3n) is 4.11. The Kier molecular flexibility index (Phi) is 5.59. The lowest BCUT2D eigenvalue weighted by molar-refractivity contribution is -0.160. The normalized spacial score (nSPS) is 24.6. The smallest absolute Gasteiger partial charge is 0.254 e. The van der Waals surface area contributed by atoms with Gasteiger partial charge >= 0.3 is 0 Å². The van der Waals surface area contributed by atoms with Crippen LogP contribution in [0.4, 0.5) is 4.39 Å². The molecule has 0 aromatic heterocycles. The summed E-state index contributed by atoms with van der Waals surface area (Å²) in [7, 11) is 0. The summed E-state index contributed by atoms with van der Waals surface area (Å²) < 4.78 is 29.9. The fourth-order valence-corrected chi connectivity index (χ4v) is 2.96. The van der Waals surface area contributed by atoms with Crippen LogP contribution in [0.5, 0.6) is 0 Å². The van der Waals surface area contributed by atoms with E-state index in [1.165, 1.54) is 12.1 Å². The van der Waals surface area contributed by atoms with Gasteiger partial charge in [-0.3, -0.25) is 4.79 Å². The second-order valence-electron chi connectivity index (χ2n) is 5.92. The molecule has 0 N–H and O–H groups in total. The largest absolute Gasteiger partial charge is 0.376 e. The molecule has 0 bridgehead atoms. The molecule has 2 heterocycles. The van der Waals surface area contributed by atoms with E-state index in [4.69, 9.17) is 14.2 Å². The van der Waals surface area contributed by atoms with Gasteiger partial charge in [0.05, 0.1) is 25.9 Å². The highest BCUT2D eigenvalue weighted by Gasteiger charge is 2.30. The Morgan fingerprint density at radius 2 is 2.17 bits per heavy atom. The predicted octanol–water partition coefficient (Wildman–Crippen LogP) is 1.75. The summed E-state index contributed by atoms with van der Waals surface area (Å²) in [4.78, 5) is 14.4.